The smallest absolute Gasteiger partial charge is 0.321 e. The van der Waals surface area contributed by atoms with Crippen LogP contribution in [0.15, 0.2) is 12.4 Å². The van der Waals surface area contributed by atoms with Gasteiger partial charge in [-0.2, -0.15) is 11.8 Å². The first-order valence-electron chi connectivity index (χ1n) is 4.12. The second kappa shape index (κ2) is 5.89. The fourth-order valence-corrected chi connectivity index (χ4v) is 1.75. The molecule has 0 saturated carbocycles. The minimum absolute atomic E-state index is 0.339. The van der Waals surface area contributed by atoms with Crippen molar-refractivity contribution in [1.29, 1.82) is 0 Å². The van der Waals surface area contributed by atoms with Crippen LogP contribution < -0.4 is 5.73 Å². The molecule has 0 aliphatic carbocycles. The Morgan fingerprint density at radius 1 is 1.60 bits per heavy atom. The van der Waals surface area contributed by atoms with Crippen LogP contribution >= 0.6 is 23.4 Å². The maximum Gasteiger partial charge on any atom is 0.321 e. The molecule has 0 spiro atoms. The van der Waals surface area contributed by atoms with Crippen molar-refractivity contribution in [3.8, 4) is 0 Å². The molecule has 0 radical (unpaired) electrons. The SMILES string of the molecule is N[C@@H](CSCc1cnc(Cl)cn1)C(=O)O. The summed E-state index contributed by atoms with van der Waals surface area (Å²) in [6.45, 7) is 0. The number of carboxylic acids is 1. The molecule has 7 heteroatoms. The van der Waals surface area contributed by atoms with Gasteiger partial charge in [0, 0.05) is 11.5 Å². The van der Waals surface area contributed by atoms with E-state index in [1.54, 1.807) is 6.20 Å². The first-order valence-corrected chi connectivity index (χ1v) is 5.65. The quantitative estimate of drug-likeness (QED) is 0.799. The number of aliphatic carboxylic acids is 1. The maximum atomic E-state index is 10.4. The maximum absolute atomic E-state index is 10.4. The average molecular weight is 248 g/mol. The Balaban J connectivity index is 2.32. The Hall–Kier alpha value is -0.850. The Bertz CT molecular complexity index is 333. The van der Waals surface area contributed by atoms with E-state index in [1.165, 1.54) is 18.0 Å². The monoisotopic (exact) mass is 247 g/mol. The molecule has 0 aliphatic rings. The third kappa shape index (κ3) is 4.46. The van der Waals surface area contributed by atoms with Crippen LogP contribution in [0.2, 0.25) is 5.15 Å². The molecular weight excluding hydrogens is 238 g/mol. The van der Waals surface area contributed by atoms with Crippen LogP contribution in [0.1, 0.15) is 5.69 Å². The molecule has 0 fully saturated rings. The fourth-order valence-electron chi connectivity index (χ4n) is 0.775. The molecule has 1 rings (SSSR count). The Morgan fingerprint density at radius 2 is 2.33 bits per heavy atom. The van der Waals surface area contributed by atoms with Crippen LogP contribution in [0.5, 0.6) is 0 Å². The van der Waals surface area contributed by atoms with Crippen molar-refractivity contribution in [3.05, 3.63) is 23.2 Å². The zero-order chi connectivity index (χ0) is 11.3. The third-order valence-electron chi connectivity index (χ3n) is 1.54. The van der Waals surface area contributed by atoms with E-state index in [4.69, 9.17) is 22.4 Å². The minimum atomic E-state index is -0.996. The van der Waals surface area contributed by atoms with Crippen LogP contribution in [-0.4, -0.2) is 32.8 Å². The number of nitrogens with zero attached hydrogens (tertiary/aromatic N) is 2. The van der Waals surface area contributed by atoms with Gasteiger partial charge in [0.2, 0.25) is 0 Å². The first-order chi connectivity index (χ1) is 7.09. The summed E-state index contributed by atoms with van der Waals surface area (Å²) < 4.78 is 0. The zero-order valence-electron chi connectivity index (χ0n) is 7.76. The zero-order valence-corrected chi connectivity index (χ0v) is 9.33. The minimum Gasteiger partial charge on any atom is -0.480 e. The summed E-state index contributed by atoms with van der Waals surface area (Å²) in [7, 11) is 0. The number of carboxylic acid groups (broad SMARTS) is 1. The number of aromatic nitrogens is 2. The van der Waals surface area contributed by atoms with Crippen LogP contribution in [0, 0.1) is 0 Å². The van der Waals surface area contributed by atoms with E-state index < -0.39 is 12.0 Å². The van der Waals surface area contributed by atoms with Crippen molar-refractivity contribution < 1.29 is 9.90 Å². The lowest BCUT2D eigenvalue weighted by atomic mass is 10.4. The predicted octanol–water partition coefficient (Wildman–Crippen LogP) is 0.775. The second-order valence-electron chi connectivity index (χ2n) is 2.79. The van der Waals surface area contributed by atoms with E-state index in [-0.39, 0.29) is 0 Å². The van der Waals surface area contributed by atoms with Crippen LogP contribution in [0.25, 0.3) is 0 Å². The van der Waals surface area contributed by atoms with E-state index in [0.29, 0.717) is 16.7 Å². The molecule has 0 amide bonds. The van der Waals surface area contributed by atoms with Crippen molar-refractivity contribution in [2.24, 2.45) is 5.73 Å². The van der Waals surface area contributed by atoms with Crippen LogP contribution in [0.4, 0.5) is 0 Å². The summed E-state index contributed by atoms with van der Waals surface area (Å²) >= 11 is 6.96. The molecular formula is C8H10ClN3O2S. The van der Waals surface area contributed by atoms with Gasteiger partial charge in [-0.15, -0.1) is 0 Å². The lowest BCUT2D eigenvalue weighted by Gasteiger charge is -2.05. The molecule has 5 nitrogen and oxygen atoms in total. The number of nitrogens with two attached hydrogens (primary N) is 1. The molecule has 15 heavy (non-hydrogen) atoms. The summed E-state index contributed by atoms with van der Waals surface area (Å²) in [5, 5.41) is 8.87. The summed E-state index contributed by atoms with van der Waals surface area (Å²) in [6.07, 6.45) is 3.01. The molecule has 1 atom stereocenters. The molecule has 1 aromatic heterocycles. The summed E-state index contributed by atoms with van der Waals surface area (Å²) in [6, 6.07) is -0.838. The molecule has 0 bridgehead atoms. The Morgan fingerprint density at radius 3 is 2.87 bits per heavy atom. The topological polar surface area (TPSA) is 89.1 Å². The molecule has 0 aliphatic heterocycles. The number of hydrogen-bond donors (Lipinski definition) is 2. The normalized spacial score (nSPS) is 12.4. The van der Waals surface area contributed by atoms with E-state index in [9.17, 15) is 4.79 Å². The van der Waals surface area contributed by atoms with Crippen molar-refractivity contribution in [1.82, 2.24) is 9.97 Å². The number of hydrogen-bond acceptors (Lipinski definition) is 5. The van der Waals surface area contributed by atoms with Crippen LogP contribution in [-0.2, 0) is 10.5 Å². The van der Waals surface area contributed by atoms with Gasteiger partial charge in [0.05, 0.1) is 18.1 Å². The Kier molecular flexibility index (Phi) is 4.80. The van der Waals surface area contributed by atoms with Crippen molar-refractivity contribution in [2.75, 3.05) is 5.75 Å². The van der Waals surface area contributed by atoms with E-state index in [1.807, 2.05) is 0 Å². The highest BCUT2D eigenvalue weighted by atomic mass is 35.5. The van der Waals surface area contributed by atoms with Gasteiger partial charge in [0.15, 0.2) is 0 Å². The lowest BCUT2D eigenvalue weighted by molar-refractivity contribution is -0.137. The number of carbonyl (C=O) groups is 1. The fraction of sp³-hybridized carbons (Fsp3) is 0.375. The highest BCUT2D eigenvalue weighted by molar-refractivity contribution is 7.98. The van der Waals surface area contributed by atoms with Gasteiger partial charge in [-0.3, -0.25) is 9.78 Å². The van der Waals surface area contributed by atoms with Crippen molar-refractivity contribution in [2.45, 2.75) is 11.8 Å². The summed E-state index contributed by atoms with van der Waals surface area (Å²) in [5.74, 6) is -0.0742. The molecule has 3 N–H and O–H groups in total. The molecule has 0 unspecified atom stereocenters. The van der Waals surface area contributed by atoms with E-state index in [2.05, 4.69) is 9.97 Å². The van der Waals surface area contributed by atoms with Crippen molar-refractivity contribution in [3.63, 3.8) is 0 Å². The largest absolute Gasteiger partial charge is 0.480 e. The Labute approximate surface area is 96.1 Å². The summed E-state index contributed by atoms with van der Waals surface area (Å²) in [4.78, 5) is 18.3. The molecule has 1 heterocycles. The van der Waals surface area contributed by atoms with Gasteiger partial charge in [0.25, 0.3) is 0 Å². The summed E-state index contributed by atoms with van der Waals surface area (Å²) in [5.41, 5.74) is 6.08. The van der Waals surface area contributed by atoms with Gasteiger partial charge in [-0.05, 0) is 0 Å². The van der Waals surface area contributed by atoms with Gasteiger partial charge in [-0.25, -0.2) is 4.98 Å². The highest BCUT2D eigenvalue weighted by Gasteiger charge is 2.10. The number of rotatable bonds is 5. The predicted molar refractivity (Wildman–Crippen MR) is 58.8 cm³/mol. The molecule has 0 saturated heterocycles. The van der Waals surface area contributed by atoms with Gasteiger partial charge in [-0.1, -0.05) is 11.6 Å². The number of halogens is 1. The van der Waals surface area contributed by atoms with E-state index in [0.717, 1.165) is 5.69 Å². The van der Waals surface area contributed by atoms with Gasteiger partial charge in [0.1, 0.15) is 11.2 Å². The second-order valence-corrected chi connectivity index (χ2v) is 4.21. The third-order valence-corrected chi connectivity index (χ3v) is 2.83. The van der Waals surface area contributed by atoms with E-state index >= 15 is 0 Å². The highest BCUT2D eigenvalue weighted by Crippen LogP contribution is 2.11. The average Bonchev–Trinajstić information content (AvgIpc) is 2.20. The van der Waals surface area contributed by atoms with Gasteiger partial charge >= 0.3 is 5.97 Å². The van der Waals surface area contributed by atoms with Gasteiger partial charge < -0.3 is 10.8 Å². The molecule has 82 valence electrons. The molecule has 0 aromatic carbocycles. The number of thioether (sulfide) groups is 1. The van der Waals surface area contributed by atoms with Crippen LogP contribution in [0.3, 0.4) is 0 Å². The standard InChI is InChI=1S/C8H10ClN3O2S/c9-7-2-11-5(1-12-7)3-15-4-6(10)8(13)14/h1-2,6H,3-4,10H2,(H,13,14)/t6-/m0/s1. The molecule has 1 aromatic rings. The first kappa shape index (κ1) is 12.2. The lowest BCUT2D eigenvalue weighted by Crippen LogP contribution is -2.32. The van der Waals surface area contributed by atoms with Crippen molar-refractivity contribution >= 4 is 29.3 Å².